The van der Waals surface area contributed by atoms with Gasteiger partial charge in [-0.1, -0.05) is 41.4 Å². The fourth-order valence-corrected chi connectivity index (χ4v) is 2.43. The van der Waals surface area contributed by atoms with E-state index in [1.165, 1.54) is 0 Å². The zero-order valence-corrected chi connectivity index (χ0v) is 16.1. The molecule has 0 spiro atoms. The number of ether oxygens (including phenoxy) is 1. The monoisotopic (exact) mass is 427 g/mol. The maximum atomic E-state index is 12.7. The maximum absolute atomic E-state index is 12.7. The molecule has 29 heavy (non-hydrogen) atoms. The van der Waals surface area contributed by atoms with E-state index in [1.54, 1.807) is 24.3 Å². The molecule has 0 bridgehead atoms. The summed E-state index contributed by atoms with van der Waals surface area (Å²) in [5.74, 6) is -1.89. The number of carbonyl (C=O) groups excluding carboxylic acids is 3. The van der Waals surface area contributed by atoms with Gasteiger partial charge in [0.1, 0.15) is 0 Å². The zero-order chi connectivity index (χ0) is 21.6. The number of alkyl halides is 3. The average molecular weight is 428 g/mol. The highest BCUT2D eigenvalue weighted by Gasteiger charge is 2.31. The van der Waals surface area contributed by atoms with Crippen LogP contribution in [-0.2, 0) is 20.5 Å². The van der Waals surface area contributed by atoms with E-state index in [-0.39, 0.29) is 23.6 Å². The normalized spacial score (nSPS) is 11.1. The summed E-state index contributed by atoms with van der Waals surface area (Å²) >= 11 is 5.79. The maximum Gasteiger partial charge on any atom is 0.416 e. The molecule has 0 radical (unpaired) electrons. The number of carbonyl (C=O) groups is 3. The van der Waals surface area contributed by atoms with Crippen LogP contribution < -0.4 is 5.32 Å². The molecule has 0 heterocycles. The second kappa shape index (κ2) is 9.56. The van der Waals surface area contributed by atoms with Crippen molar-refractivity contribution in [2.75, 3.05) is 11.9 Å². The molecule has 0 saturated heterocycles. The first-order valence-electron chi connectivity index (χ1n) is 8.48. The number of benzene rings is 2. The summed E-state index contributed by atoms with van der Waals surface area (Å²) < 4.78 is 43.0. The summed E-state index contributed by atoms with van der Waals surface area (Å²) in [6.07, 6.45) is -5.27. The summed E-state index contributed by atoms with van der Waals surface area (Å²) in [7, 11) is 0. The Morgan fingerprint density at radius 1 is 1.03 bits per heavy atom. The Morgan fingerprint density at radius 3 is 2.31 bits per heavy atom. The van der Waals surface area contributed by atoms with Gasteiger partial charge in [-0.15, -0.1) is 0 Å². The lowest BCUT2D eigenvalue weighted by Gasteiger charge is -2.11. The molecule has 0 fully saturated rings. The van der Waals surface area contributed by atoms with E-state index in [2.05, 4.69) is 5.32 Å². The Kier molecular flexibility index (Phi) is 7.39. The van der Waals surface area contributed by atoms with Crippen molar-refractivity contribution in [3.63, 3.8) is 0 Å². The molecular weight excluding hydrogens is 411 g/mol. The van der Waals surface area contributed by atoms with E-state index in [0.29, 0.717) is 11.6 Å². The molecule has 154 valence electrons. The quantitative estimate of drug-likeness (QED) is 0.508. The first kappa shape index (κ1) is 22.4. The molecule has 0 aliphatic rings. The summed E-state index contributed by atoms with van der Waals surface area (Å²) in [5, 5.41) is 2.16. The highest BCUT2D eigenvalue weighted by molar-refractivity contribution is 6.33. The van der Waals surface area contributed by atoms with Gasteiger partial charge in [-0.3, -0.25) is 14.4 Å². The van der Waals surface area contributed by atoms with Crippen molar-refractivity contribution in [3.8, 4) is 0 Å². The topological polar surface area (TPSA) is 72.5 Å². The third kappa shape index (κ3) is 6.90. The molecule has 2 rings (SSSR count). The average Bonchev–Trinajstić information content (AvgIpc) is 2.66. The van der Waals surface area contributed by atoms with Crippen LogP contribution >= 0.6 is 11.6 Å². The third-order valence-corrected chi connectivity index (χ3v) is 4.19. The predicted molar refractivity (Wildman–Crippen MR) is 101 cm³/mol. The van der Waals surface area contributed by atoms with Crippen LogP contribution in [0.15, 0.2) is 42.5 Å². The number of ketones is 1. The van der Waals surface area contributed by atoms with Crippen LogP contribution in [0.5, 0.6) is 0 Å². The molecule has 0 aliphatic carbocycles. The number of rotatable bonds is 7. The largest absolute Gasteiger partial charge is 0.457 e. The molecule has 0 aliphatic heterocycles. The van der Waals surface area contributed by atoms with Gasteiger partial charge in [0.05, 0.1) is 22.7 Å². The highest BCUT2D eigenvalue weighted by Crippen LogP contribution is 2.33. The number of amides is 1. The molecule has 1 N–H and O–H groups in total. The van der Waals surface area contributed by atoms with E-state index in [0.717, 1.165) is 17.7 Å². The van der Waals surface area contributed by atoms with Gasteiger partial charge in [0, 0.05) is 12.0 Å². The molecule has 5 nitrogen and oxygen atoms in total. The first-order valence-corrected chi connectivity index (χ1v) is 8.86. The van der Waals surface area contributed by atoms with Crippen molar-refractivity contribution in [3.05, 3.63) is 64.2 Å². The van der Waals surface area contributed by atoms with Crippen molar-refractivity contribution in [2.45, 2.75) is 25.9 Å². The Balaban J connectivity index is 1.82. The van der Waals surface area contributed by atoms with Gasteiger partial charge >= 0.3 is 12.1 Å². The number of hydrogen-bond donors (Lipinski definition) is 1. The van der Waals surface area contributed by atoms with Crippen molar-refractivity contribution < 1.29 is 32.3 Å². The van der Waals surface area contributed by atoms with Crippen LogP contribution in [0.3, 0.4) is 0 Å². The minimum atomic E-state index is -4.59. The standard InChI is InChI=1S/C20H17ClF3NO4/c1-12-2-4-13(5-3-12)17(26)11-29-19(28)9-8-18(27)25-16-10-14(20(22,23)24)6-7-15(16)21/h2-7,10H,8-9,11H2,1H3,(H,25,27). The Labute approximate surface area is 169 Å². The molecule has 2 aromatic rings. The van der Waals surface area contributed by atoms with Gasteiger partial charge in [-0.2, -0.15) is 13.2 Å². The summed E-state index contributed by atoms with van der Waals surface area (Å²) in [6.45, 7) is 1.40. The molecule has 0 unspecified atom stereocenters. The molecule has 9 heteroatoms. The number of hydrogen-bond acceptors (Lipinski definition) is 4. The number of Topliss-reactive ketones (excluding diaryl/α,β-unsaturated/α-hetero) is 1. The summed E-state index contributed by atoms with van der Waals surface area (Å²) in [4.78, 5) is 35.5. The van der Waals surface area contributed by atoms with Gasteiger partial charge < -0.3 is 10.1 Å². The highest BCUT2D eigenvalue weighted by atomic mass is 35.5. The predicted octanol–water partition coefficient (Wildman–Crippen LogP) is 4.81. The molecule has 1 amide bonds. The fourth-order valence-electron chi connectivity index (χ4n) is 2.27. The van der Waals surface area contributed by atoms with Gasteiger partial charge in [-0.05, 0) is 25.1 Å². The Hall–Kier alpha value is -2.87. The second-order valence-corrected chi connectivity index (χ2v) is 6.60. The van der Waals surface area contributed by atoms with Crippen molar-refractivity contribution >= 4 is 34.9 Å². The van der Waals surface area contributed by atoms with Crippen LogP contribution in [0.25, 0.3) is 0 Å². The summed E-state index contributed by atoms with van der Waals surface area (Å²) in [5.41, 5.74) is 0.186. The van der Waals surface area contributed by atoms with Crippen molar-refractivity contribution in [1.82, 2.24) is 0 Å². The van der Waals surface area contributed by atoms with E-state index in [4.69, 9.17) is 16.3 Å². The molecule has 0 aromatic heterocycles. The van der Waals surface area contributed by atoms with E-state index in [1.807, 2.05) is 6.92 Å². The van der Waals surface area contributed by atoms with Crippen molar-refractivity contribution in [1.29, 1.82) is 0 Å². The Morgan fingerprint density at radius 2 is 1.69 bits per heavy atom. The number of halogens is 4. The van der Waals surface area contributed by atoms with E-state index < -0.39 is 36.0 Å². The van der Waals surface area contributed by atoms with Gasteiger partial charge in [-0.25, -0.2) is 0 Å². The lowest BCUT2D eigenvalue weighted by atomic mass is 10.1. The van der Waals surface area contributed by atoms with Crippen LogP contribution in [0, 0.1) is 6.92 Å². The molecule has 0 atom stereocenters. The van der Waals surface area contributed by atoms with E-state index >= 15 is 0 Å². The third-order valence-electron chi connectivity index (χ3n) is 3.86. The molecule has 2 aromatic carbocycles. The number of aryl methyl sites for hydroxylation is 1. The smallest absolute Gasteiger partial charge is 0.416 e. The number of anilines is 1. The minimum absolute atomic E-state index is 0.0716. The zero-order valence-electron chi connectivity index (χ0n) is 15.3. The van der Waals surface area contributed by atoms with Gasteiger partial charge in [0.2, 0.25) is 5.91 Å². The lowest BCUT2D eigenvalue weighted by molar-refractivity contribution is -0.143. The van der Waals surface area contributed by atoms with Gasteiger partial charge in [0.25, 0.3) is 0 Å². The van der Waals surface area contributed by atoms with Crippen LogP contribution in [0.1, 0.15) is 34.3 Å². The fraction of sp³-hybridized carbons (Fsp3) is 0.250. The van der Waals surface area contributed by atoms with Crippen LogP contribution in [0.2, 0.25) is 5.02 Å². The first-order chi connectivity index (χ1) is 13.6. The van der Waals surface area contributed by atoms with E-state index in [9.17, 15) is 27.6 Å². The SMILES string of the molecule is Cc1ccc(C(=O)COC(=O)CCC(=O)Nc2cc(C(F)(F)F)ccc2Cl)cc1. The lowest BCUT2D eigenvalue weighted by Crippen LogP contribution is -2.18. The number of esters is 1. The summed E-state index contributed by atoms with van der Waals surface area (Å²) in [6, 6.07) is 9.23. The van der Waals surface area contributed by atoms with Crippen LogP contribution in [0.4, 0.5) is 18.9 Å². The second-order valence-electron chi connectivity index (χ2n) is 6.19. The minimum Gasteiger partial charge on any atom is -0.457 e. The van der Waals surface area contributed by atoms with Gasteiger partial charge in [0.15, 0.2) is 12.4 Å². The van der Waals surface area contributed by atoms with Crippen LogP contribution in [-0.4, -0.2) is 24.3 Å². The Bertz CT molecular complexity index is 911. The van der Waals surface area contributed by atoms with Crippen molar-refractivity contribution in [2.24, 2.45) is 0 Å². The molecular formula is C20H17ClF3NO4. The number of nitrogens with one attached hydrogen (secondary N) is 1. The molecule has 0 saturated carbocycles.